The second kappa shape index (κ2) is 14.6. The van der Waals surface area contributed by atoms with E-state index < -0.39 is 54.4 Å². The highest BCUT2D eigenvalue weighted by atomic mass is 19.4. The average molecular weight is 617 g/mol. The number of non-ortho nitro benzene ring substituents is 1. The lowest BCUT2D eigenvalue weighted by Gasteiger charge is -2.23. The average Bonchev–Trinajstić information content (AvgIpc) is 3.05. The van der Waals surface area contributed by atoms with Gasteiger partial charge in [-0.15, -0.1) is 0 Å². The van der Waals surface area contributed by atoms with Crippen LogP contribution in [0.5, 0.6) is 0 Å². The molecule has 0 fully saturated rings. The Kier molecular flexibility index (Phi) is 11.0. The molecule has 232 valence electrons. The highest BCUT2D eigenvalue weighted by molar-refractivity contribution is 6.10. The number of esters is 2. The Morgan fingerprint density at radius 1 is 1.16 bits per heavy atom. The maximum Gasteiger partial charge on any atom is 0.491 e. The molecule has 3 rings (SSSR count). The van der Waals surface area contributed by atoms with E-state index in [0.29, 0.717) is 36.9 Å². The van der Waals surface area contributed by atoms with Gasteiger partial charge in [-0.2, -0.15) is 13.2 Å². The zero-order chi connectivity index (χ0) is 32.4. The monoisotopic (exact) mass is 616 g/mol. The van der Waals surface area contributed by atoms with E-state index in [4.69, 9.17) is 11.1 Å². The van der Waals surface area contributed by atoms with Crippen LogP contribution in [0.3, 0.4) is 0 Å². The zero-order valence-electron chi connectivity index (χ0n) is 23.1. The van der Waals surface area contributed by atoms with Crippen molar-refractivity contribution in [1.82, 2.24) is 10.2 Å². The van der Waals surface area contributed by atoms with Crippen molar-refractivity contribution in [3.05, 3.63) is 69.3 Å². The lowest BCUT2D eigenvalue weighted by Crippen LogP contribution is -2.40. The number of rotatable bonds is 10. The van der Waals surface area contributed by atoms with Gasteiger partial charge >= 0.3 is 18.1 Å². The maximum absolute atomic E-state index is 13.5. The third kappa shape index (κ3) is 9.28. The van der Waals surface area contributed by atoms with E-state index in [9.17, 15) is 42.5 Å². The van der Waals surface area contributed by atoms with Crippen LogP contribution in [0, 0.1) is 27.4 Å². The molecule has 0 radical (unpaired) electrons. The van der Waals surface area contributed by atoms with Gasteiger partial charge in [0.1, 0.15) is 6.54 Å². The summed E-state index contributed by atoms with van der Waals surface area (Å²) in [6.07, 6.45) is -4.30. The summed E-state index contributed by atoms with van der Waals surface area (Å²) in [5.41, 5.74) is 5.98. The molecule has 44 heavy (non-hydrogen) atoms. The third-order valence-corrected chi connectivity index (χ3v) is 6.19. The van der Waals surface area contributed by atoms with E-state index in [1.54, 1.807) is 12.1 Å². The molecule has 1 aliphatic rings. The number of halogens is 3. The Hall–Kier alpha value is -5.46. The topological polar surface area (TPSA) is 189 Å². The van der Waals surface area contributed by atoms with Crippen LogP contribution in [0.25, 0.3) is 0 Å². The second-order valence-electron chi connectivity index (χ2n) is 9.47. The number of hydrogen-bond acceptors (Lipinski definition) is 8. The molecule has 0 aliphatic carbocycles. The number of carbonyl (C=O) groups is 4. The molecule has 2 aromatic carbocycles. The smallest absolute Gasteiger partial charge is 0.386 e. The fourth-order valence-corrected chi connectivity index (χ4v) is 4.12. The van der Waals surface area contributed by atoms with Gasteiger partial charge in [-0.1, -0.05) is 24.0 Å². The van der Waals surface area contributed by atoms with Crippen LogP contribution in [-0.4, -0.2) is 65.3 Å². The predicted octanol–water partition coefficient (Wildman–Crippen LogP) is 2.61. The van der Waals surface area contributed by atoms with Crippen LogP contribution >= 0.6 is 0 Å². The van der Waals surface area contributed by atoms with Gasteiger partial charge < -0.3 is 25.6 Å². The van der Waals surface area contributed by atoms with Crippen LogP contribution in [0.2, 0.25) is 0 Å². The number of carbonyl (C=O) groups excluding carboxylic acids is 4. The van der Waals surface area contributed by atoms with Crippen molar-refractivity contribution in [3.8, 4) is 11.8 Å². The van der Waals surface area contributed by atoms with E-state index in [2.05, 4.69) is 21.9 Å². The number of unbranched alkanes of at least 4 members (excludes halogenated alkanes) is 2. The van der Waals surface area contributed by atoms with Crippen LogP contribution in [0.1, 0.15) is 47.2 Å². The third-order valence-electron chi connectivity index (χ3n) is 6.19. The molecule has 16 heteroatoms. The summed E-state index contributed by atoms with van der Waals surface area (Å²) in [4.78, 5) is 62.6. The number of hydrogen-bond donors (Lipinski definition) is 3. The van der Waals surface area contributed by atoms with E-state index >= 15 is 0 Å². The quantitative estimate of drug-likeness (QED) is 0.0527. The first kappa shape index (κ1) is 33.0. The normalized spacial score (nSPS) is 12.9. The summed E-state index contributed by atoms with van der Waals surface area (Å²) in [6, 6.07) is 10.1. The minimum Gasteiger partial charge on any atom is -0.386 e. The zero-order valence-corrected chi connectivity index (χ0v) is 23.1. The molecule has 4 N–H and O–H groups in total. The Morgan fingerprint density at radius 3 is 2.59 bits per heavy atom. The Bertz CT molecular complexity index is 1530. The SMILES string of the molecule is N=C(N)NCCCCC#Cc1ccc2c(c1)C(=O)N(CCC(=O)OC(=O)C(F)(F)F)CC(=O)N2Cc1cccc([N+](=O)[O-])c1. The summed E-state index contributed by atoms with van der Waals surface area (Å²) in [6.45, 7) is -0.774. The lowest BCUT2D eigenvalue weighted by atomic mass is 10.1. The summed E-state index contributed by atoms with van der Waals surface area (Å²) in [5.74, 6) is 0.151. The summed E-state index contributed by atoms with van der Waals surface area (Å²) < 4.78 is 41.1. The fraction of sp³-hybridized carbons (Fsp3) is 0.321. The molecule has 1 heterocycles. The molecule has 2 amide bonds. The van der Waals surface area contributed by atoms with E-state index in [1.807, 2.05) is 0 Å². The van der Waals surface area contributed by atoms with E-state index in [1.165, 1.54) is 35.2 Å². The highest BCUT2D eigenvalue weighted by Gasteiger charge is 2.42. The number of nitro groups is 1. The molecule has 0 unspecified atom stereocenters. The van der Waals surface area contributed by atoms with Gasteiger partial charge in [-0.25, -0.2) is 4.79 Å². The predicted molar refractivity (Wildman–Crippen MR) is 149 cm³/mol. The van der Waals surface area contributed by atoms with Crippen molar-refractivity contribution in [1.29, 1.82) is 5.41 Å². The maximum atomic E-state index is 13.5. The number of guanidine groups is 1. The van der Waals surface area contributed by atoms with Gasteiger partial charge in [0.05, 0.1) is 29.1 Å². The van der Waals surface area contributed by atoms with Crippen molar-refractivity contribution >= 4 is 41.1 Å². The number of nitrogens with one attached hydrogen (secondary N) is 2. The van der Waals surface area contributed by atoms with Gasteiger partial charge in [-0.3, -0.25) is 29.9 Å². The number of nitrogens with zero attached hydrogens (tertiary/aromatic N) is 3. The van der Waals surface area contributed by atoms with Crippen molar-refractivity contribution in [2.75, 3.05) is 24.5 Å². The molecular weight excluding hydrogens is 589 g/mol. The van der Waals surface area contributed by atoms with Gasteiger partial charge in [0.15, 0.2) is 5.96 Å². The van der Waals surface area contributed by atoms with Crippen molar-refractivity contribution < 1.29 is 42.0 Å². The second-order valence-corrected chi connectivity index (χ2v) is 9.47. The number of fused-ring (bicyclic) bond motifs is 1. The first-order valence-electron chi connectivity index (χ1n) is 13.1. The lowest BCUT2D eigenvalue weighted by molar-refractivity contribution is -0.384. The number of alkyl halides is 3. The molecule has 0 atom stereocenters. The van der Waals surface area contributed by atoms with Gasteiger partial charge in [0.25, 0.3) is 11.6 Å². The molecule has 0 spiro atoms. The number of benzene rings is 2. The van der Waals surface area contributed by atoms with Crippen molar-refractivity contribution in [3.63, 3.8) is 0 Å². The van der Waals surface area contributed by atoms with Gasteiger partial charge in [0, 0.05) is 37.2 Å². The molecule has 13 nitrogen and oxygen atoms in total. The van der Waals surface area contributed by atoms with Crippen LogP contribution in [0.4, 0.5) is 24.5 Å². The number of nitro benzene ring substituents is 1. The summed E-state index contributed by atoms with van der Waals surface area (Å²) >= 11 is 0. The fourth-order valence-electron chi connectivity index (χ4n) is 4.12. The van der Waals surface area contributed by atoms with E-state index in [0.717, 1.165) is 4.90 Å². The molecule has 2 aromatic rings. The Labute approximate surface area is 248 Å². The number of amides is 2. The van der Waals surface area contributed by atoms with Crippen LogP contribution in [-0.2, 0) is 25.7 Å². The number of nitrogens with two attached hydrogens (primary N) is 1. The first-order chi connectivity index (χ1) is 20.8. The largest absolute Gasteiger partial charge is 0.491 e. The summed E-state index contributed by atoms with van der Waals surface area (Å²) in [7, 11) is 0. The molecule has 0 aromatic heterocycles. The molecule has 0 saturated carbocycles. The van der Waals surface area contributed by atoms with Crippen LogP contribution < -0.4 is 16.0 Å². The Balaban J connectivity index is 1.87. The molecule has 0 bridgehead atoms. The molecular formula is C28H27F3N6O7. The van der Waals surface area contributed by atoms with Crippen molar-refractivity contribution in [2.24, 2.45) is 5.73 Å². The standard InChI is InChI=1S/C28H27F3N6O7/c29-28(30,31)26(41)44-24(39)11-13-35-17-23(38)36(16-19-7-5-8-20(14-19)37(42)43)22-10-9-18(15-21(22)25(35)40)6-3-1-2-4-12-34-27(32)33/h5,7-10,14-15H,1-2,4,11-13,16-17H2,(H4,32,33,34). The summed E-state index contributed by atoms with van der Waals surface area (Å²) in [5, 5.41) is 21.1. The van der Waals surface area contributed by atoms with Crippen LogP contribution in [0.15, 0.2) is 42.5 Å². The minimum atomic E-state index is -5.39. The highest BCUT2D eigenvalue weighted by Crippen LogP contribution is 2.29. The Morgan fingerprint density at radius 2 is 1.91 bits per heavy atom. The first-order valence-corrected chi connectivity index (χ1v) is 13.1. The minimum absolute atomic E-state index is 0.00141. The van der Waals surface area contributed by atoms with Gasteiger partial charge in [-0.05, 0) is 36.6 Å². The van der Waals surface area contributed by atoms with Crippen molar-refractivity contribution in [2.45, 2.75) is 38.4 Å². The van der Waals surface area contributed by atoms with E-state index in [-0.39, 0.29) is 29.4 Å². The molecule has 0 saturated heterocycles. The molecule has 1 aliphatic heterocycles. The number of anilines is 1. The number of ether oxygens (including phenoxy) is 1. The van der Waals surface area contributed by atoms with Gasteiger partial charge in [0.2, 0.25) is 5.91 Å².